The van der Waals surface area contributed by atoms with Crippen LogP contribution in [-0.2, 0) is 27.3 Å². The van der Waals surface area contributed by atoms with Crippen LogP contribution in [0.1, 0.15) is 29.5 Å². The summed E-state index contributed by atoms with van der Waals surface area (Å²) in [6.45, 7) is 1.12. The number of hydrogen-bond acceptors (Lipinski definition) is 6. The van der Waals surface area contributed by atoms with E-state index in [9.17, 15) is 9.59 Å². The Hall–Kier alpha value is -4.14. The van der Waals surface area contributed by atoms with Crippen molar-refractivity contribution in [3.05, 3.63) is 102 Å². The summed E-state index contributed by atoms with van der Waals surface area (Å²) in [6.07, 6.45) is 5.46. The molecule has 0 heterocycles. The first kappa shape index (κ1) is 29.4. The van der Waals surface area contributed by atoms with Crippen molar-refractivity contribution >= 4 is 18.0 Å². The number of carboxylic acid groups (broad SMARTS) is 1. The third kappa shape index (κ3) is 11.4. The highest BCUT2D eigenvalue weighted by Gasteiger charge is 2.19. The zero-order chi connectivity index (χ0) is 27.7. The summed E-state index contributed by atoms with van der Waals surface area (Å²) in [6, 6.07) is 24.5. The first-order valence-corrected chi connectivity index (χ1v) is 13.0. The normalized spacial score (nSPS) is 11.7. The number of aliphatic carboxylic acids is 1. The Morgan fingerprint density at radius 3 is 2.31 bits per heavy atom. The molecular formula is C31H36N2O6. The molecule has 1 amide bonds. The molecule has 0 radical (unpaired) electrons. The van der Waals surface area contributed by atoms with Gasteiger partial charge in [0.15, 0.2) is 0 Å². The van der Waals surface area contributed by atoms with E-state index in [1.807, 2.05) is 91.0 Å². The molecule has 3 aromatic rings. The number of ether oxygens (including phenoxy) is 2. The third-order valence-electron chi connectivity index (χ3n) is 5.87. The molecule has 0 aromatic heterocycles. The lowest BCUT2D eigenvalue weighted by Gasteiger charge is -2.18. The van der Waals surface area contributed by atoms with Gasteiger partial charge in [0.25, 0.3) is 0 Å². The summed E-state index contributed by atoms with van der Waals surface area (Å²) in [5.74, 6) is 0.444. The minimum Gasteiger partial charge on any atom is -0.497 e. The van der Waals surface area contributed by atoms with E-state index in [1.165, 1.54) is 0 Å². The topological polar surface area (TPSA) is 106 Å². The Labute approximate surface area is 229 Å². The number of hydrogen-bond donors (Lipinski definition) is 3. The van der Waals surface area contributed by atoms with Crippen LogP contribution in [0.15, 0.2) is 84.9 Å². The highest BCUT2D eigenvalue weighted by molar-refractivity contribution is 5.82. The Balaban J connectivity index is 1.53. The van der Waals surface area contributed by atoms with Crippen molar-refractivity contribution in [3.8, 4) is 11.5 Å². The molecule has 39 heavy (non-hydrogen) atoms. The fraction of sp³-hybridized carbons (Fsp3) is 0.290. The van der Waals surface area contributed by atoms with Gasteiger partial charge >= 0.3 is 5.97 Å². The molecule has 3 aromatic carbocycles. The van der Waals surface area contributed by atoms with E-state index in [2.05, 4.69) is 10.8 Å². The minimum absolute atomic E-state index is 0.0690. The third-order valence-corrected chi connectivity index (χ3v) is 5.87. The van der Waals surface area contributed by atoms with Crippen molar-refractivity contribution < 1.29 is 29.0 Å². The predicted octanol–water partition coefficient (Wildman–Crippen LogP) is 4.44. The molecule has 0 saturated carbocycles. The van der Waals surface area contributed by atoms with Gasteiger partial charge in [-0.3, -0.25) is 14.4 Å². The number of rotatable bonds is 17. The van der Waals surface area contributed by atoms with Gasteiger partial charge in [0.2, 0.25) is 5.91 Å². The van der Waals surface area contributed by atoms with Gasteiger partial charge in [-0.2, -0.15) is 5.48 Å². The second-order valence-corrected chi connectivity index (χ2v) is 8.88. The number of hydroxylamine groups is 1. The van der Waals surface area contributed by atoms with E-state index in [1.54, 1.807) is 7.11 Å². The van der Waals surface area contributed by atoms with Gasteiger partial charge in [-0.25, -0.2) is 0 Å². The van der Waals surface area contributed by atoms with Crippen molar-refractivity contribution in [2.24, 2.45) is 0 Å². The largest absolute Gasteiger partial charge is 0.497 e. The van der Waals surface area contributed by atoms with Crippen molar-refractivity contribution in [2.45, 2.75) is 31.7 Å². The highest BCUT2D eigenvalue weighted by atomic mass is 16.6. The molecule has 3 N–H and O–H groups in total. The van der Waals surface area contributed by atoms with Gasteiger partial charge in [-0.15, -0.1) is 0 Å². The number of methoxy groups -OCH3 is 1. The fourth-order valence-electron chi connectivity index (χ4n) is 3.75. The van der Waals surface area contributed by atoms with Gasteiger partial charge in [0.05, 0.1) is 20.3 Å². The van der Waals surface area contributed by atoms with Crippen molar-refractivity contribution in [2.75, 3.05) is 26.9 Å². The number of nitrogens with one attached hydrogen (secondary N) is 2. The lowest BCUT2D eigenvalue weighted by Crippen LogP contribution is -2.46. The number of carboxylic acids is 1. The van der Waals surface area contributed by atoms with E-state index in [0.29, 0.717) is 44.8 Å². The maximum Gasteiger partial charge on any atom is 0.303 e. The van der Waals surface area contributed by atoms with E-state index in [0.717, 1.165) is 22.4 Å². The molecule has 0 aliphatic heterocycles. The summed E-state index contributed by atoms with van der Waals surface area (Å²) in [4.78, 5) is 29.3. The van der Waals surface area contributed by atoms with E-state index in [4.69, 9.17) is 19.4 Å². The predicted molar refractivity (Wildman–Crippen MR) is 151 cm³/mol. The Kier molecular flexibility index (Phi) is 12.6. The summed E-state index contributed by atoms with van der Waals surface area (Å²) in [7, 11) is 1.63. The molecule has 0 spiro atoms. The lowest BCUT2D eigenvalue weighted by atomic mass is 10.1. The molecular weight excluding hydrogens is 496 g/mol. The van der Waals surface area contributed by atoms with Crippen LogP contribution in [0.25, 0.3) is 6.08 Å². The first-order chi connectivity index (χ1) is 19.0. The number of benzene rings is 3. The summed E-state index contributed by atoms with van der Waals surface area (Å²) < 4.78 is 10.8. The molecule has 206 valence electrons. The molecule has 8 heteroatoms. The maximum absolute atomic E-state index is 13.1. The van der Waals surface area contributed by atoms with E-state index >= 15 is 0 Å². The van der Waals surface area contributed by atoms with Crippen LogP contribution >= 0.6 is 0 Å². The standard InChI is InChI=1S/C31H36N2O6/c1-37-27-15-11-25(12-16-27)19-20-32-31(36)29(33-39-22-5-9-24-7-3-2-4-8-24)23-26-13-17-28(18-14-26)38-21-6-10-30(34)35/h2-5,7-9,11-18,29,33H,6,10,19-23H2,1H3,(H,32,36)(H,34,35)/b9-5+/t29-/m0/s1. The van der Waals surface area contributed by atoms with Crippen molar-refractivity contribution in [1.29, 1.82) is 0 Å². The molecule has 0 fully saturated rings. The fourth-order valence-corrected chi connectivity index (χ4v) is 3.75. The molecule has 1 atom stereocenters. The smallest absolute Gasteiger partial charge is 0.303 e. The highest BCUT2D eigenvalue weighted by Crippen LogP contribution is 2.15. The van der Waals surface area contributed by atoms with Crippen LogP contribution < -0.4 is 20.3 Å². The summed E-state index contributed by atoms with van der Waals surface area (Å²) >= 11 is 0. The minimum atomic E-state index is -0.840. The Morgan fingerprint density at radius 2 is 1.62 bits per heavy atom. The molecule has 0 aliphatic carbocycles. The van der Waals surface area contributed by atoms with E-state index < -0.39 is 12.0 Å². The quantitative estimate of drug-likeness (QED) is 0.174. The Morgan fingerprint density at radius 1 is 0.923 bits per heavy atom. The molecule has 0 aliphatic rings. The monoisotopic (exact) mass is 532 g/mol. The number of carbonyl (C=O) groups is 2. The summed E-state index contributed by atoms with van der Waals surface area (Å²) in [5.41, 5.74) is 6.02. The van der Waals surface area contributed by atoms with Gasteiger partial charge in [0.1, 0.15) is 17.5 Å². The van der Waals surface area contributed by atoms with Crippen molar-refractivity contribution in [3.63, 3.8) is 0 Å². The molecule has 8 nitrogen and oxygen atoms in total. The average Bonchev–Trinajstić information content (AvgIpc) is 2.96. The van der Waals surface area contributed by atoms with E-state index in [-0.39, 0.29) is 12.3 Å². The molecule has 0 unspecified atom stereocenters. The SMILES string of the molecule is COc1ccc(CCNC(=O)[C@H](Cc2ccc(OCCCC(=O)O)cc2)NOC/C=C/c2ccccc2)cc1. The Bertz CT molecular complexity index is 1160. The van der Waals surface area contributed by atoms with Gasteiger partial charge < -0.3 is 19.9 Å². The van der Waals surface area contributed by atoms with Crippen LogP contribution in [0.5, 0.6) is 11.5 Å². The van der Waals surface area contributed by atoms with Crippen LogP contribution in [0.3, 0.4) is 0 Å². The lowest BCUT2D eigenvalue weighted by molar-refractivity contribution is -0.137. The van der Waals surface area contributed by atoms with Crippen LogP contribution in [-0.4, -0.2) is 49.9 Å². The average molecular weight is 533 g/mol. The second-order valence-electron chi connectivity index (χ2n) is 8.88. The first-order valence-electron chi connectivity index (χ1n) is 13.0. The molecule has 0 bridgehead atoms. The zero-order valence-electron chi connectivity index (χ0n) is 22.2. The number of amides is 1. The maximum atomic E-state index is 13.1. The van der Waals surface area contributed by atoms with Gasteiger partial charge in [0, 0.05) is 13.0 Å². The van der Waals surface area contributed by atoms with Crippen LogP contribution in [0.2, 0.25) is 0 Å². The molecule has 0 saturated heterocycles. The van der Waals surface area contributed by atoms with Crippen LogP contribution in [0.4, 0.5) is 0 Å². The van der Waals surface area contributed by atoms with Gasteiger partial charge in [-0.1, -0.05) is 66.7 Å². The van der Waals surface area contributed by atoms with Crippen LogP contribution in [0, 0.1) is 0 Å². The van der Waals surface area contributed by atoms with Gasteiger partial charge in [-0.05, 0) is 60.2 Å². The van der Waals surface area contributed by atoms with Crippen molar-refractivity contribution in [1.82, 2.24) is 10.8 Å². The molecule has 3 rings (SSSR count). The second kappa shape index (κ2) is 16.7. The zero-order valence-corrected chi connectivity index (χ0v) is 22.2. The number of carbonyl (C=O) groups excluding carboxylic acids is 1. The summed E-state index contributed by atoms with van der Waals surface area (Å²) in [5, 5.41) is 11.7.